The molecule has 2 unspecified atom stereocenters. The van der Waals surface area contributed by atoms with Gasteiger partial charge in [-0.3, -0.25) is 9.59 Å². The van der Waals surface area contributed by atoms with E-state index in [1.54, 1.807) is 41.8 Å². The van der Waals surface area contributed by atoms with Gasteiger partial charge in [0.2, 0.25) is 0 Å². The number of hydrogen-bond acceptors (Lipinski definition) is 7. The highest BCUT2D eigenvalue weighted by Gasteiger charge is 2.50. The van der Waals surface area contributed by atoms with Crippen LogP contribution in [0.1, 0.15) is 33.5 Å². The number of carboxylic acids is 1. The molecule has 1 aromatic heterocycles. The van der Waals surface area contributed by atoms with Crippen molar-refractivity contribution in [2.45, 2.75) is 26.1 Å². The SMILES string of the molecule is Cc1cc(C=O)ccc1COc1ccc(C#N)cc1-c1csc(N2CCC(C(=O)O)C(C(F)(F)F)C2)n1. The molecule has 1 saturated heterocycles. The monoisotopic (exact) mass is 529 g/mol. The van der Waals surface area contributed by atoms with Crippen LogP contribution in [0.25, 0.3) is 11.3 Å². The Labute approximate surface area is 214 Å². The summed E-state index contributed by atoms with van der Waals surface area (Å²) in [6.07, 6.45) is -4.03. The predicted octanol–water partition coefficient (Wildman–Crippen LogP) is 5.47. The lowest BCUT2D eigenvalue weighted by molar-refractivity contribution is -0.197. The number of benzene rings is 2. The molecule has 0 spiro atoms. The third kappa shape index (κ3) is 5.75. The molecule has 7 nitrogen and oxygen atoms in total. The van der Waals surface area contributed by atoms with Crippen LogP contribution in [0.5, 0.6) is 5.75 Å². The number of nitrogens with zero attached hydrogens (tertiary/aromatic N) is 3. The van der Waals surface area contributed by atoms with E-state index in [4.69, 9.17) is 4.74 Å². The Morgan fingerprint density at radius 2 is 2.11 bits per heavy atom. The summed E-state index contributed by atoms with van der Waals surface area (Å²) in [5.74, 6) is -4.51. The van der Waals surface area contributed by atoms with Gasteiger partial charge in [0.1, 0.15) is 18.6 Å². The number of carboxylic acid groups (broad SMARTS) is 1. The summed E-state index contributed by atoms with van der Waals surface area (Å²) in [5.41, 5.74) is 3.60. The van der Waals surface area contributed by atoms with Gasteiger partial charge in [0.05, 0.1) is 29.2 Å². The van der Waals surface area contributed by atoms with Crippen LogP contribution >= 0.6 is 11.3 Å². The molecule has 1 fully saturated rings. The van der Waals surface area contributed by atoms with E-state index in [-0.39, 0.29) is 19.6 Å². The summed E-state index contributed by atoms with van der Waals surface area (Å²) >= 11 is 1.14. The number of aliphatic carboxylic acids is 1. The highest BCUT2D eigenvalue weighted by Crippen LogP contribution is 2.41. The topological polar surface area (TPSA) is 104 Å². The van der Waals surface area contributed by atoms with Crippen molar-refractivity contribution in [3.8, 4) is 23.1 Å². The van der Waals surface area contributed by atoms with Crippen molar-refractivity contribution in [1.29, 1.82) is 5.26 Å². The molecule has 0 saturated carbocycles. The zero-order valence-electron chi connectivity index (χ0n) is 19.7. The number of carbonyl (C=O) groups excluding carboxylic acids is 1. The third-order valence-corrected chi connectivity index (χ3v) is 7.28. The van der Waals surface area contributed by atoms with Crippen LogP contribution in [-0.4, -0.2) is 41.6 Å². The Morgan fingerprint density at radius 1 is 1.32 bits per heavy atom. The highest BCUT2D eigenvalue weighted by atomic mass is 32.1. The van der Waals surface area contributed by atoms with Crippen LogP contribution < -0.4 is 9.64 Å². The fraction of sp³-hybridized carbons (Fsp3) is 0.308. The van der Waals surface area contributed by atoms with E-state index in [1.807, 2.05) is 6.92 Å². The van der Waals surface area contributed by atoms with E-state index < -0.39 is 30.5 Å². The van der Waals surface area contributed by atoms with E-state index in [2.05, 4.69) is 11.1 Å². The average molecular weight is 530 g/mol. The molecule has 0 bridgehead atoms. The zero-order valence-corrected chi connectivity index (χ0v) is 20.5. The Morgan fingerprint density at radius 3 is 2.76 bits per heavy atom. The standard InChI is InChI=1S/C26H22F3N3O4S/c1-15-8-17(12-33)2-4-18(15)13-36-23-5-3-16(10-30)9-20(23)22-14-37-25(31-22)32-7-6-19(24(34)35)21(11-32)26(27,28)29/h2-5,8-9,12,14,19,21H,6-7,11,13H2,1H3,(H,34,35). The van der Waals surface area contributed by atoms with Crippen molar-refractivity contribution < 1.29 is 32.6 Å². The number of hydrogen-bond donors (Lipinski definition) is 1. The number of aldehydes is 1. The van der Waals surface area contributed by atoms with Gasteiger partial charge < -0.3 is 14.7 Å². The van der Waals surface area contributed by atoms with Gasteiger partial charge >= 0.3 is 12.1 Å². The zero-order chi connectivity index (χ0) is 26.7. The number of anilines is 1. The molecule has 2 atom stereocenters. The molecule has 0 aliphatic carbocycles. The van der Waals surface area contributed by atoms with Gasteiger partial charge in [-0.1, -0.05) is 12.1 Å². The minimum atomic E-state index is -4.65. The fourth-order valence-electron chi connectivity index (χ4n) is 4.32. The number of carbonyl (C=O) groups is 2. The van der Waals surface area contributed by atoms with Crippen molar-refractivity contribution in [2.75, 3.05) is 18.0 Å². The number of aromatic nitrogens is 1. The quantitative estimate of drug-likeness (QED) is 0.405. The number of nitriles is 1. The molecule has 37 heavy (non-hydrogen) atoms. The van der Waals surface area contributed by atoms with E-state index >= 15 is 0 Å². The number of alkyl halides is 3. The smallest absolute Gasteiger partial charge is 0.394 e. The molecule has 3 aromatic rings. The van der Waals surface area contributed by atoms with Crippen LogP contribution in [0.15, 0.2) is 41.8 Å². The molecule has 11 heteroatoms. The van der Waals surface area contributed by atoms with E-state index in [0.29, 0.717) is 33.3 Å². The van der Waals surface area contributed by atoms with Crippen LogP contribution in [0.4, 0.5) is 18.3 Å². The number of rotatable bonds is 7. The summed E-state index contributed by atoms with van der Waals surface area (Å²) in [4.78, 5) is 28.3. The van der Waals surface area contributed by atoms with Gasteiger partial charge in [-0.25, -0.2) is 4.98 Å². The second kappa shape index (κ2) is 10.6. The van der Waals surface area contributed by atoms with E-state index in [0.717, 1.165) is 28.7 Å². The summed E-state index contributed by atoms with van der Waals surface area (Å²) in [5, 5.41) is 20.6. The minimum absolute atomic E-state index is 0.133. The summed E-state index contributed by atoms with van der Waals surface area (Å²) in [7, 11) is 0. The number of aryl methyl sites for hydroxylation is 1. The first kappa shape index (κ1) is 26.2. The summed E-state index contributed by atoms with van der Waals surface area (Å²) < 4.78 is 46.7. The minimum Gasteiger partial charge on any atom is -0.488 e. The maximum absolute atomic E-state index is 13.6. The third-order valence-electron chi connectivity index (χ3n) is 6.38. The lowest BCUT2D eigenvalue weighted by atomic mass is 9.85. The molecular weight excluding hydrogens is 507 g/mol. The van der Waals surface area contributed by atoms with Crippen LogP contribution in [0, 0.1) is 30.1 Å². The molecule has 0 amide bonds. The first-order chi connectivity index (χ1) is 17.6. The van der Waals surface area contributed by atoms with Crippen LogP contribution in [0.3, 0.4) is 0 Å². The first-order valence-electron chi connectivity index (χ1n) is 11.3. The molecule has 1 aliphatic rings. The van der Waals surface area contributed by atoms with Gasteiger partial charge in [-0.05, 0) is 48.7 Å². The van der Waals surface area contributed by atoms with E-state index in [9.17, 15) is 33.1 Å². The Kier molecular flexibility index (Phi) is 7.50. The van der Waals surface area contributed by atoms with Crippen molar-refractivity contribution in [2.24, 2.45) is 11.8 Å². The van der Waals surface area contributed by atoms with Gasteiger partial charge in [0.15, 0.2) is 5.13 Å². The number of halogens is 3. The normalized spacial score (nSPS) is 17.8. The second-order valence-electron chi connectivity index (χ2n) is 8.76. The molecule has 2 heterocycles. The molecule has 4 rings (SSSR count). The van der Waals surface area contributed by atoms with E-state index in [1.165, 1.54) is 4.90 Å². The van der Waals surface area contributed by atoms with Crippen LogP contribution in [0.2, 0.25) is 0 Å². The van der Waals surface area contributed by atoms with Crippen molar-refractivity contribution >= 4 is 28.7 Å². The Balaban J connectivity index is 1.59. The molecule has 1 aliphatic heterocycles. The second-order valence-corrected chi connectivity index (χ2v) is 9.59. The molecular formula is C26H22F3N3O4S. The Bertz CT molecular complexity index is 1370. The number of piperidine rings is 1. The van der Waals surface area contributed by atoms with Crippen molar-refractivity contribution in [3.63, 3.8) is 0 Å². The summed E-state index contributed by atoms with van der Waals surface area (Å²) in [6, 6.07) is 12.1. The van der Waals surface area contributed by atoms with Gasteiger partial charge in [0, 0.05) is 29.6 Å². The van der Waals surface area contributed by atoms with Gasteiger partial charge in [-0.15, -0.1) is 11.3 Å². The first-order valence-corrected chi connectivity index (χ1v) is 12.2. The predicted molar refractivity (Wildman–Crippen MR) is 131 cm³/mol. The molecule has 192 valence electrons. The number of thiazole rings is 1. The average Bonchev–Trinajstić information content (AvgIpc) is 3.37. The maximum Gasteiger partial charge on any atom is 0.394 e. The fourth-order valence-corrected chi connectivity index (χ4v) is 5.18. The van der Waals surface area contributed by atoms with Gasteiger partial charge in [-0.2, -0.15) is 18.4 Å². The van der Waals surface area contributed by atoms with Crippen molar-refractivity contribution in [3.05, 3.63) is 64.0 Å². The van der Waals surface area contributed by atoms with Crippen LogP contribution in [-0.2, 0) is 11.4 Å². The largest absolute Gasteiger partial charge is 0.488 e. The Hall–Kier alpha value is -3.91. The summed E-state index contributed by atoms with van der Waals surface area (Å²) in [6.45, 7) is 1.69. The highest BCUT2D eigenvalue weighted by molar-refractivity contribution is 7.14. The molecule has 0 radical (unpaired) electrons. The lowest BCUT2D eigenvalue weighted by Crippen LogP contribution is -2.49. The van der Waals surface area contributed by atoms with Gasteiger partial charge in [0.25, 0.3) is 0 Å². The lowest BCUT2D eigenvalue weighted by Gasteiger charge is -2.37. The van der Waals surface area contributed by atoms with Crippen molar-refractivity contribution in [1.82, 2.24) is 4.98 Å². The maximum atomic E-state index is 13.6. The molecule has 1 N–H and O–H groups in total. The molecule has 2 aromatic carbocycles. The number of ether oxygens (including phenoxy) is 1.